The summed E-state index contributed by atoms with van der Waals surface area (Å²) in [4.78, 5) is 13.4. The number of carbonyl (C=O) groups excluding carboxylic acids is 1. The molecule has 1 heterocycles. The van der Waals surface area contributed by atoms with E-state index in [-0.39, 0.29) is 0 Å². The number of carbonyl (C=O) groups is 1. The van der Waals surface area contributed by atoms with Crippen molar-refractivity contribution in [2.75, 3.05) is 0 Å². The average molecular weight is 270 g/mol. The molecule has 3 rings (SSSR count). The summed E-state index contributed by atoms with van der Waals surface area (Å²) < 4.78 is 0. The molecule has 2 heteroatoms. The van der Waals surface area contributed by atoms with Gasteiger partial charge >= 0.3 is 0 Å². The minimum Gasteiger partial charge on any atom is -0.293 e. The predicted molar refractivity (Wildman–Crippen MR) is 80.1 cm³/mol. The highest BCUT2D eigenvalue weighted by Crippen LogP contribution is 2.35. The van der Waals surface area contributed by atoms with E-state index in [1.807, 2.05) is 18.4 Å². The third-order valence-electron chi connectivity index (χ3n) is 4.04. The fourth-order valence-corrected chi connectivity index (χ4v) is 3.92. The Labute approximate surface area is 118 Å². The molecule has 1 aliphatic carbocycles. The molecule has 0 radical (unpaired) electrons. The number of fused-ring (bicyclic) bond motifs is 1. The fourth-order valence-electron chi connectivity index (χ4n) is 3.04. The Balaban J connectivity index is 1.82. The minimum absolute atomic E-state index is 0.314. The molecular formula is C17H18OS. The highest BCUT2D eigenvalue weighted by molar-refractivity contribution is 7.12. The zero-order chi connectivity index (χ0) is 13.2. The number of thiophene rings is 1. The van der Waals surface area contributed by atoms with Gasteiger partial charge < -0.3 is 0 Å². The number of ketones is 1. The van der Waals surface area contributed by atoms with Crippen LogP contribution in [0.15, 0.2) is 35.7 Å². The van der Waals surface area contributed by atoms with Crippen LogP contribution in [0.3, 0.4) is 0 Å². The van der Waals surface area contributed by atoms with Crippen LogP contribution in [0.4, 0.5) is 0 Å². The Kier molecular flexibility index (Phi) is 3.52. The normalized spacial score (nSPS) is 18.1. The van der Waals surface area contributed by atoms with Gasteiger partial charge in [-0.25, -0.2) is 0 Å². The Hall–Kier alpha value is -1.41. The molecule has 0 N–H and O–H groups in total. The first kappa shape index (κ1) is 12.6. The van der Waals surface area contributed by atoms with Crippen LogP contribution in [-0.2, 0) is 6.42 Å². The van der Waals surface area contributed by atoms with E-state index in [4.69, 9.17) is 0 Å². The van der Waals surface area contributed by atoms with Gasteiger partial charge in [-0.15, -0.1) is 11.3 Å². The topological polar surface area (TPSA) is 17.1 Å². The molecule has 1 aromatic carbocycles. The monoisotopic (exact) mass is 270 g/mol. The Morgan fingerprint density at radius 2 is 2.16 bits per heavy atom. The van der Waals surface area contributed by atoms with E-state index in [2.05, 4.69) is 24.3 Å². The van der Waals surface area contributed by atoms with E-state index in [1.54, 1.807) is 11.3 Å². The van der Waals surface area contributed by atoms with Crippen LogP contribution in [0.2, 0.25) is 0 Å². The van der Waals surface area contributed by atoms with Crippen LogP contribution in [0.25, 0.3) is 0 Å². The molecular weight excluding hydrogens is 252 g/mol. The summed E-state index contributed by atoms with van der Waals surface area (Å²) in [5, 5.41) is 2.01. The van der Waals surface area contributed by atoms with Crippen molar-refractivity contribution in [3.8, 4) is 0 Å². The number of hydrogen-bond donors (Lipinski definition) is 0. The van der Waals surface area contributed by atoms with Crippen molar-refractivity contribution in [3.63, 3.8) is 0 Å². The molecule has 2 aromatic rings. The summed E-state index contributed by atoms with van der Waals surface area (Å²) in [6.45, 7) is 2.03. The van der Waals surface area contributed by atoms with Gasteiger partial charge in [0.15, 0.2) is 5.78 Å². The minimum atomic E-state index is 0.314. The van der Waals surface area contributed by atoms with Crippen molar-refractivity contribution in [1.82, 2.24) is 0 Å². The second kappa shape index (κ2) is 5.30. The van der Waals surface area contributed by atoms with Gasteiger partial charge in [-0.05, 0) is 60.2 Å². The summed E-state index contributed by atoms with van der Waals surface area (Å²) in [6, 6.07) is 10.6. The Bertz CT molecular complexity index is 597. The van der Waals surface area contributed by atoms with E-state index in [0.29, 0.717) is 18.1 Å². The van der Waals surface area contributed by atoms with Crippen LogP contribution in [0.1, 0.15) is 51.5 Å². The molecule has 0 bridgehead atoms. The summed E-state index contributed by atoms with van der Waals surface area (Å²) in [5.41, 5.74) is 3.96. The van der Waals surface area contributed by atoms with Gasteiger partial charge in [0, 0.05) is 6.42 Å². The molecule has 1 nitrogen and oxygen atoms in total. The van der Waals surface area contributed by atoms with E-state index < -0.39 is 0 Å². The van der Waals surface area contributed by atoms with Crippen LogP contribution >= 0.6 is 11.3 Å². The van der Waals surface area contributed by atoms with Gasteiger partial charge in [-0.1, -0.05) is 24.3 Å². The zero-order valence-corrected chi connectivity index (χ0v) is 12.0. The molecule has 1 unspecified atom stereocenters. The zero-order valence-electron chi connectivity index (χ0n) is 11.2. The maximum Gasteiger partial charge on any atom is 0.173 e. The predicted octanol–water partition coefficient (Wildman–Crippen LogP) is 4.75. The Morgan fingerprint density at radius 1 is 1.32 bits per heavy atom. The first-order valence-electron chi connectivity index (χ1n) is 6.91. The lowest BCUT2D eigenvalue weighted by molar-refractivity contribution is 0.0974. The summed E-state index contributed by atoms with van der Waals surface area (Å²) in [7, 11) is 0. The molecule has 1 aliphatic rings. The molecule has 0 aliphatic heterocycles. The number of rotatable bonds is 3. The highest BCUT2D eigenvalue weighted by Gasteiger charge is 2.23. The second-order valence-electron chi connectivity index (χ2n) is 5.35. The number of aryl methyl sites for hydroxylation is 2. The smallest absolute Gasteiger partial charge is 0.173 e. The third-order valence-corrected chi connectivity index (χ3v) is 5.10. The van der Waals surface area contributed by atoms with Gasteiger partial charge in [0.2, 0.25) is 0 Å². The van der Waals surface area contributed by atoms with Crippen molar-refractivity contribution in [2.45, 2.75) is 38.5 Å². The molecule has 19 heavy (non-hydrogen) atoms. The van der Waals surface area contributed by atoms with Crippen LogP contribution in [0.5, 0.6) is 0 Å². The third kappa shape index (κ3) is 2.50. The summed E-state index contributed by atoms with van der Waals surface area (Å²) >= 11 is 1.58. The average Bonchev–Trinajstić information content (AvgIpc) is 2.85. The molecule has 98 valence electrons. The van der Waals surface area contributed by atoms with Crippen molar-refractivity contribution in [2.24, 2.45) is 0 Å². The van der Waals surface area contributed by atoms with Crippen molar-refractivity contribution in [1.29, 1.82) is 0 Å². The molecule has 0 fully saturated rings. The van der Waals surface area contributed by atoms with Gasteiger partial charge in [0.1, 0.15) is 0 Å². The molecule has 0 amide bonds. The fraction of sp³-hybridized carbons (Fsp3) is 0.353. The first-order valence-corrected chi connectivity index (χ1v) is 7.79. The quantitative estimate of drug-likeness (QED) is 0.736. The maximum absolute atomic E-state index is 12.4. The summed E-state index contributed by atoms with van der Waals surface area (Å²) in [6.07, 6.45) is 4.18. The standard InChI is InChI=1S/C17H18OS/c1-12-9-10-19-17(12)16(18)11-14-7-4-6-13-5-2-3-8-15(13)14/h2-3,5,8-10,14H,4,6-7,11H2,1H3. The SMILES string of the molecule is Cc1ccsc1C(=O)CC1CCCc2ccccc21. The van der Waals surface area contributed by atoms with Gasteiger partial charge in [-0.3, -0.25) is 4.79 Å². The molecule has 0 spiro atoms. The van der Waals surface area contributed by atoms with E-state index in [9.17, 15) is 4.79 Å². The van der Waals surface area contributed by atoms with Gasteiger partial charge in [-0.2, -0.15) is 0 Å². The lowest BCUT2D eigenvalue weighted by atomic mass is 9.80. The van der Waals surface area contributed by atoms with Crippen molar-refractivity contribution >= 4 is 17.1 Å². The van der Waals surface area contributed by atoms with Crippen molar-refractivity contribution in [3.05, 3.63) is 57.3 Å². The van der Waals surface area contributed by atoms with Crippen LogP contribution < -0.4 is 0 Å². The van der Waals surface area contributed by atoms with E-state index in [0.717, 1.165) is 16.9 Å². The summed E-state index contributed by atoms with van der Waals surface area (Å²) in [5.74, 6) is 0.730. The number of Topliss-reactive ketones (excluding diaryl/α,β-unsaturated/α-hetero) is 1. The van der Waals surface area contributed by atoms with Crippen molar-refractivity contribution < 1.29 is 4.79 Å². The molecule has 1 atom stereocenters. The number of hydrogen-bond acceptors (Lipinski definition) is 2. The van der Waals surface area contributed by atoms with E-state index in [1.165, 1.54) is 24.0 Å². The number of benzene rings is 1. The van der Waals surface area contributed by atoms with E-state index >= 15 is 0 Å². The molecule has 1 aromatic heterocycles. The molecule has 0 saturated heterocycles. The lowest BCUT2D eigenvalue weighted by Gasteiger charge is -2.24. The second-order valence-corrected chi connectivity index (χ2v) is 6.26. The van der Waals surface area contributed by atoms with Gasteiger partial charge in [0.05, 0.1) is 4.88 Å². The first-order chi connectivity index (χ1) is 9.25. The maximum atomic E-state index is 12.4. The largest absolute Gasteiger partial charge is 0.293 e. The highest BCUT2D eigenvalue weighted by atomic mass is 32.1. The Morgan fingerprint density at radius 3 is 2.95 bits per heavy atom. The van der Waals surface area contributed by atoms with Crippen LogP contribution in [0, 0.1) is 6.92 Å². The lowest BCUT2D eigenvalue weighted by Crippen LogP contribution is -2.13. The van der Waals surface area contributed by atoms with Crippen LogP contribution in [-0.4, -0.2) is 5.78 Å². The molecule has 0 saturated carbocycles. The van der Waals surface area contributed by atoms with Gasteiger partial charge in [0.25, 0.3) is 0 Å².